The molecule has 0 fully saturated rings. The van der Waals surface area contributed by atoms with Gasteiger partial charge in [0.25, 0.3) is 0 Å². The van der Waals surface area contributed by atoms with Gasteiger partial charge in [0.1, 0.15) is 5.82 Å². The minimum Gasteiger partial charge on any atom is -0.377 e. The van der Waals surface area contributed by atoms with E-state index in [2.05, 4.69) is 27.3 Å². The molecule has 2 nitrogen and oxygen atoms in total. The summed E-state index contributed by atoms with van der Waals surface area (Å²) in [6.45, 7) is 4.38. The van der Waals surface area contributed by atoms with E-state index < -0.39 is 0 Å². The summed E-state index contributed by atoms with van der Waals surface area (Å²) in [5.74, 6) is -0.222. The van der Waals surface area contributed by atoms with Crippen LogP contribution in [0.4, 0.5) is 10.1 Å². The molecule has 0 bridgehead atoms. The monoisotopic (exact) mass is 336 g/mol. The first-order valence-electron chi connectivity index (χ1n) is 6.49. The first kappa shape index (κ1) is 15.0. The number of benzene rings is 2. The van der Waals surface area contributed by atoms with Gasteiger partial charge in [0.05, 0.1) is 6.04 Å². The fourth-order valence-corrected chi connectivity index (χ4v) is 2.92. The molecule has 2 rings (SSSR count). The molecule has 0 radical (unpaired) electrons. The number of nitrogens with two attached hydrogens (primary N) is 1. The molecule has 0 heterocycles. The van der Waals surface area contributed by atoms with Crippen LogP contribution in [0.25, 0.3) is 0 Å². The molecule has 20 heavy (non-hydrogen) atoms. The molecule has 4 heteroatoms. The number of nitrogens with one attached hydrogen (secondary N) is 1. The van der Waals surface area contributed by atoms with Crippen molar-refractivity contribution >= 4 is 21.6 Å². The molecular weight excluding hydrogens is 319 g/mol. The lowest BCUT2D eigenvalue weighted by molar-refractivity contribution is 0.624. The molecule has 1 unspecified atom stereocenters. The maximum absolute atomic E-state index is 13.2. The SMILES string of the molecule is Cc1cc(Br)cc(NC(CN)c2ccc(F)cc2C)c1. The van der Waals surface area contributed by atoms with Crippen molar-refractivity contribution < 1.29 is 4.39 Å². The van der Waals surface area contributed by atoms with Crippen LogP contribution < -0.4 is 11.1 Å². The van der Waals surface area contributed by atoms with Gasteiger partial charge in [-0.15, -0.1) is 0 Å². The van der Waals surface area contributed by atoms with E-state index in [-0.39, 0.29) is 11.9 Å². The molecule has 0 aromatic heterocycles. The molecule has 2 aromatic carbocycles. The van der Waals surface area contributed by atoms with Crippen molar-refractivity contribution in [2.24, 2.45) is 5.73 Å². The molecular formula is C16H18BrFN2. The predicted molar refractivity (Wildman–Crippen MR) is 85.4 cm³/mol. The van der Waals surface area contributed by atoms with Crippen LogP contribution in [0, 0.1) is 19.7 Å². The fraction of sp³-hybridized carbons (Fsp3) is 0.250. The average Bonchev–Trinajstić information content (AvgIpc) is 2.35. The van der Waals surface area contributed by atoms with Gasteiger partial charge in [0, 0.05) is 16.7 Å². The van der Waals surface area contributed by atoms with Crippen LogP contribution >= 0.6 is 15.9 Å². The summed E-state index contributed by atoms with van der Waals surface area (Å²) in [5.41, 5.74) is 9.95. The first-order valence-corrected chi connectivity index (χ1v) is 7.28. The highest BCUT2D eigenvalue weighted by Gasteiger charge is 2.13. The number of anilines is 1. The van der Waals surface area contributed by atoms with E-state index in [1.165, 1.54) is 12.1 Å². The highest BCUT2D eigenvalue weighted by atomic mass is 79.9. The van der Waals surface area contributed by atoms with Gasteiger partial charge >= 0.3 is 0 Å². The number of aryl methyl sites for hydroxylation is 2. The predicted octanol–water partition coefficient (Wildman–Crippen LogP) is 4.32. The Kier molecular flexibility index (Phi) is 4.78. The van der Waals surface area contributed by atoms with Crippen molar-refractivity contribution in [2.75, 3.05) is 11.9 Å². The van der Waals surface area contributed by atoms with Crippen LogP contribution in [-0.2, 0) is 0 Å². The van der Waals surface area contributed by atoms with Crippen molar-refractivity contribution in [3.63, 3.8) is 0 Å². The van der Waals surface area contributed by atoms with Crippen LogP contribution in [0.2, 0.25) is 0 Å². The van der Waals surface area contributed by atoms with Crippen LogP contribution in [-0.4, -0.2) is 6.54 Å². The standard InChI is InChI=1S/C16H18BrFN2/c1-10-5-12(17)8-14(6-10)20-16(9-19)15-4-3-13(18)7-11(15)2/h3-8,16,20H,9,19H2,1-2H3. The van der Waals surface area contributed by atoms with Gasteiger partial charge in [0.15, 0.2) is 0 Å². The molecule has 0 saturated carbocycles. The van der Waals surface area contributed by atoms with Crippen LogP contribution in [0.5, 0.6) is 0 Å². The van der Waals surface area contributed by atoms with E-state index in [9.17, 15) is 4.39 Å². The third kappa shape index (κ3) is 3.58. The largest absolute Gasteiger partial charge is 0.377 e. The number of hydrogen-bond acceptors (Lipinski definition) is 2. The molecule has 0 saturated heterocycles. The first-order chi connectivity index (χ1) is 9.49. The van der Waals surface area contributed by atoms with E-state index in [4.69, 9.17) is 5.73 Å². The Morgan fingerprint density at radius 2 is 1.95 bits per heavy atom. The minimum absolute atomic E-state index is 0.0377. The van der Waals surface area contributed by atoms with Crippen LogP contribution in [0.15, 0.2) is 40.9 Å². The highest BCUT2D eigenvalue weighted by molar-refractivity contribution is 9.10. The van der Waals surface area contributed by atoms with Gasteiger partial charge in [-0.2, -0.15) is 0 Å². The zero-order chi connectivity index (χ0) is 14.7. The van der Waals surface area contributed by atoms with Crippen molar-refractivity contribution in [3.05, 3.63) is 63.4 Å². The normalized spacial score (nSPS) is 12.2. The van der Waals surface area contributed by atoms with Crippen LogP contribution in [0.1, 0.15) is 22.7 Å². The quantitative estimate of drug-likeness (QED) is 0.872. The van der Waals surface area contributed by atoms with E-state index in [0.717, 1.165) is 26.9 Å². The van der Waals surface area contributed by atoms with Gasteiger partial charge in [-0.25, -0.2) is 4.39 Å². The molecule has 106 valence electrons. The summed E-state index contributed by atoms with van der Waals surface area (Å²) in [6, 6.07) is 10.9. The summed E-state index contributed by atoms with van der Waals surface area (Å²) in [4.78, 5) is 0. The van der Waals surface area contributed by atoms with Gasteiger partial charge in [0.2, 0.25) is 0 Å². The molecule has 0 spiro atoms. The van der Waals surface area contributed by atoms with Crippen molar-refractivity contribution in [1.29, 1.82) is 0 Å². The van der Waals surface area contributed by atoms with Crippen molar-refractivity contribution in [3.8, 4) is 0 Å². The van der Waals surface area contributed by atoms with Crippen LogP contribution in [0.3, 0.4) is 0 Å². The second kappa shape index (κ2) is 6.37. The molecule has 0 aliphatic rings. The maximum Gasteiger partial charge on any atom is 0.123 e. The Morgan fingerprint density at radius 1 is 1.20 bits per heavy atom. The van der Waals surface area contributed by atoms with Gasteiger partial charge in [-0.1, -0.05) is 22.0 Å². The minimum atomic E-state index is -0.222. The molecule has 1 atom stereocenters. The summed E-state index contributed by atoms with van der Waals surface area (Å²) in [6.07, 6.45) is 0. The molecule has 0 aliphatic carbocycles. The number of rotatable bonds is 4. The lowest BCUT2D eigenvalue weighted by atomic mass is 10.0. The van der Waals surface area contributed by atoms with Crippen molar-refractivity contribution in [2.45, 2.75) is 19.9 Å². The van der Waals surface area contributed by atoms with Gasteiger partial charge in [-0.3, -0.25) is 0 Å². The lowest BCUT2D eigenvalue weighted by Gasteiger charge is -2.21. The second-order valence-corrected chi connectivity index (χ2v) is 5.87. The average molecular weight is 337 g/mol. The lowest BCUT2D eigenvalue weighted by Crippen LogP contribution is -2.21. The van der Waals surface area contributed by atoms with E-state index in [0.29, 0.717) is 6.54 Å². The number of hydrogen-bond donors (Lipinski definition) is 2. The molecule has 2 aromatic rings. The Balaban J connectivity index is 2.28. The zero-order valence-corrected chi connectivity index (χ0v) is 13.2. The Bertz CT molecular complexity index is 593. The summed E-state index contributed by atoms with van der Waals surface area (Å²) < 4.78 is 14.2. The second-order valence-electron chi connectivity index (χ2n) is 4.95. The Hall–Kier alpha value is -1.39. The smallest absolute Gasteiger partial charge is 0.123 e. The third-order valence-electron chi connectivity index (χ3n) is 3.23. The van der Waals surface area contributed by atoms with E-state index in [1.807, 2.05) is 26.0 Å². The molecule has 0 amide bonds. The topological polar surface area (TPSA) is 38.0 Å². The Morgan fingerprint density at radius 3 is 2.55 bits per heavy atom. The highest BCUT2D eigenvalue weighted by Crippen LogP contribution is 2.25. The number of halogens is 2. The third-order valence-corrected chi connectivity index (χ3v) is 3.68. The van der Waals surface area contributed by atoms with Gasteiger partial charge < -0.3 is 11.1 Å². The van der Waals surface area contributed by atoms with E-state index >= 15 is 0 Å². The van der Waals surface area contributed by atoms with Gasteiger partial charge in [-0.05, 0) is 60.9 Å². The Labute approximate surface area is 127 Å². The maximum atomic E-state index is 13.2. The summed E-state index contributed by atoms with van der Waals surface area (Å²) >= 11 is 3.48. The summed E-state index contributed by atoms with van der Waals surface area (Å²) in [7, 11) is 0. The van der Waals surface area contributed by atoms with E-state index in [1.54, 1.807) is 6.07 Å². The summed E-state index contributed by atoms with van der Waals surface area (Å²) in [5, 5.41) is 3.41. The fourth-order valence-electron chi connectivity index (χ4n) is 2.31. The zero-order valence-electron chi connectivity index (χ0n) is 11.6. The molecule has 3 N–H and O–H groups in total. The van der Waals surface area contributed by atoms with Crippen molar-refractivity contribution in [1.82, 2.24) is 0 Å². The molecule has 0 aliphatic heterocycles.